The van der Waals surface area contributed by atoms with Crippen molar-refractivity contribution in [2.24, 2.45) is 7.05 Å². The van der Waals surface area contributed by atoms with Gasteiger partial charge in [0.05, 0.1) is 18.8 Å². The molecule has 2 aromatic rings. The Bertz CT molecular complexity index is 519. The van der Waals surface area contributed by atoms with Crippen LogP contribution in [0.25, 0.3) is 0 Å². The van der Waals surface area contributed by atoms with Crippen LogP contribution in [0.3, 0.4) is 0 Å². The molecule has 0 saturated carbocycles. The first kappa shape index (κ1) is 11.2. The van der Waals surface area contributed by atoms with E-state index >= 15 is 0 Å². The Hall–Kier alpha value is -1.88. The molecule has 0 amide bonds. The van der Waals surface area contributed by atoms with E-state index in [1.807, 2.05) is 29.8 Å². The predicted octanol–water partition coefficient (Wildman–Crippen LogP) is 1.24. The van der Waals surface area contributed by atoms with Crippen LogP contribution in [0.2, 0.25) is 0 Å². The first-order valence-electron chi connectivity index (χ1n) is 6.01. The molecule has 0 spiro atoms. The van der Waals surface area contributed by atoms with Crippen molar-refractivity contribution in [3.8, 4) is 0 Å². The molecule has 1 aromatic heterocycles. The Morgan fingerprint density at radius 3 is 2.67 bits per heavy atom. The van der Waals surface area contributed by atoms with E-state index in [0.29, 0.717) is 13.2 Å². The van der Waals surface area contributed by atoms with Crippen LogP contribution >= 0.6 is 0 Å². The predicted molar refractivity (Wildman–Crippen MR) is 68.3 cm³/mol. The van der Waals surface area contributed by atoms with Crippen LogP contribution < -0.4 is 5.32 Å². The number of hydrogen-bond donors (Lipinski definition) is 1. The van der Waals surface area contributed by atoms with Gasteiger partial charge in [0.15, 0.2) is 0 Å². The summed E-state index contributed by atoms with van der Waals surface area (Å²) in [6, 6.07) is 10.2. The average Bonchev–Trinajstić information content (AvgIpc) is 2.73. The van der Waals surface area contributed by atoms with E-state index in [2.05, 4.69) is 27.6 Å². The highest BCUT2D eigenvalue weighted by Crippen LogP contribution is 2.26. The molecule has 1 aromatic carbocycles. The van der Waals surface area contributed by atoms with Gasteiger partial charge in [0.2, 0.25) is 0 Å². The van der Waals surface area contributed by atoms with Crippen LogP contribution in [0.5, 0.6) is 0 Å². The number of para-hydroxylation sites is 1. The second-order valence-electron chi connectivity index (χ2n) is 4.80. The molecule has 1 aliphatic rings. The van der Waals surface area contributed by atoms with Crippen LogP contribution in [-0.2, 0) is 18.2 Å². The number of aryl methyl sites for hydroxylation is 1. The molecule has 5 heteroatoms. The van der Waals surface area contributed by atoms with Gasteiger partial charge in [-0.3, -0.25) is 0 Å². The number of aromatic nitrogens is 3. The van der Waals surface area contributed by atoms with E-state index in [4.69, 9.17) is 4.74 Å². The zero-order valence-corrected chi connectivity index (χ0v) is 10.3. The smallest absolute Gasteiger partial charge is 0.135 e. The molecule has 2 heterocycles. The largest absolute Gasteiger partial charge is 0.376 e. The normalized spacial score (nSPS) is 17.2. The summed E-state index contributed by atoms with van der Waals surface area (Å²) in [6.45, 7) is 1.41. The van der Waals surface area contributed by atoms with E-state index in [9.17, 15) is 0 Å². The van der Waals surface area contributed by atoms with Crippen molar-refractivity contribution in [3.63, 3.8) is 0 Å². The van der Waals surface area contributed by atoms with Gasteiger partial charge in [-0.2, -0.15) is 0 Å². The third kappa shape index (κ3) is 2.09. The van der Waals surface area contributed by atoms with E-state index in [-0.39, 0.29) is 5.54 Å². The number of benzene rings is 1. The van der Waals surface area contributed by atoms with Gasteiger partial charge in [-0.15, -0.1) is 10.2 Å². The summed E-state index contributed by atoms with van der Waals surface area (Å²) in [6.07, 6.45) is 2.55. The highest BCUT2D eigenvalue weighted by Gasteiger charge is 2.39. The summed E-state index contributed by atoms with van der Waals surface area (Å²) in [5, 5.41) is 11.6. The second kappa shape index (κ2) is 4.42. The standard InChI is InChI=1S/C13H16N4O/c1-17-10-14-16-12(17)7-13(8-18-9-13)15-11-5-3-2-4-6-11/h2-6,10,15H,7-9H2,1H3. The fraction of sp³-hybridized carbons (Fsp3) is 0.385. The second-order valence-corrected chi connectivity index (χ2v) is 4.80. The molecule has 0 radical (unpaired) electrons. The van der Waals surface area contributed by atoms with Crippen LogP contribution in [0.15, 0.2) is 36.7 Å². The minimum absolute atomic E-state index is 0.0534. The maximum atomic E-state index is 5.38. The quantitative estimate of drug-likeness (QED) is 0.879. The highest BCUT2D eigenvalue weighted by molar-refractivity contribution is 5.46. The van der Waals surface area contributed by atoms with Crippen LogP contribution in [0.4, 0.5) is 5.69 Å². The summed E-state index contributed by atoms with van der Waals surface area (Å²) < 4.78 is 7.33. The molecule has 18 heavy (non-hydrogen) atoms. The van der Waals surface area contributed by atoms with Crippen molar-refractivity contribution in [1.29, 1.82) is 0 Å². The lowest BCUT2D eigenvalue weighted by Crippen LogP contribution is -2.57. The van der Waals surface area contributed by atoms with Crippen molar-refractivity contribution < 1.29 is 4.74 Å². The fourth-order valence-electron chi connectivity index (χ4n) is 2.16. The molecule has 94 valence electrons. The average molecular weight is 244 g/mol. The molecule has 1 aliphatic heterocycles. The third-order valence-electron chi connectivity index (χ3n) is 3.24. The lowest BCUT2D eigenvalue weighted by atomic mass is 9.92. The van der Waals surface area contributed by atoms with Crippen LogP contribution in [-0.4, -0.2) is 33.5 Å². The zero-order chi connectivity index (χ0) is 12.4. The van der Waals surface area contributed by atoms with Crippen molar-refractivity contribution in [2.45, 2.75) is 12.0 Å². The van der Waals surface area contributed by atoms with E-state index in [1.54, 1.807) is 6.33 Å². The molecule has 1 fully saturated rings. The van der Waals surface area contributed by atoms with Crippen molar-refractivity contribution >= 4 is 5.69 Å². The molecule has 1 N–H and O–H groups in total. The Kier molecular flexibility index (Phi) is 2.76. The minimum Gasteiger partial charge on any atom is -0.376 e. The van der Waals surface area contributed by atoms with Gasteiger partial charge in [-0.05, 0) is 12.1 Å². The third-order valence-corrected chi connectivity index (χ3v) is 3.24. The van der Waals surface area contributed by atoms with E-state index in [1.165, 1.54) is 0 Å². The molecule has 1 saturated heterocycles. The van der Waals surface area contributed by atoms with Gasteiger partial charge in [-0.25, -0.2) is 0 Å². The van der Waals surface area contributed by atoms with Crippen molar-refractivity contribution in [1.82, 2.24) is 14.8 Å². The Labute approximate surface area is 106 Å². The van der Waals surface area contributed by atoms with Crippen molar-refractivity contribution in [2.75, 3.05) is 18.5 Å². The molecular weight excluding hydrogens is 228 g/mol. The number of hydrogen-bond acceptors (Lipinski definition) is 4. The van der Waals surface area contributed by atoms with Crippen molar-refractivity contribution in [3.05, 3.63) is 42.5 Å². The minimum atomic E-state index is -0.0534. The summed E-state index contributed by atoms with van der Waals surface area (Å²) in [5.74, 6) is 0.974. The number of ether oxygens (including phenoxy) is 1. The molecule has 0 atom stereocenters. The van der Waals surface area contributed by atoms with E-state index in [0.717, 1.165) is 17.9 Å². The monoisotopic (exact) mass is 244 g/mol. The summed E-state index contributed by atoms with van der Waals surface area (Å²) in [4.78, 5) is 0. The number of rotatable bonds is 4. The molecule has 5 nitrogen and oxygen atoms in total. The first-order valence-corrected chi connectivity index (χ1v) is 6.01. The summed E-state index contributed by atoms with van der Waals surface area (Å²) >= 11 is 0. The zero-order valence-electron chi connectivity index (χ0n) is 10.3. The van der Waals surface area contributed by atoms with Gasteiger partial charge < -0.3 is 14.6 Å². The molecule has 3 rings (SSSR count). The van der Waals surface area contributed by atoms with Gasteiger partial charge in [0, 0.05) is 19.2 Å². The molecular formula is C13H16N4O. The highest BCUT2D eigenvalue weighted by atomic mass is 16.5. The Balaban J connectivity index is 1.77. The number of nitrogens with one attached hydrogen (secondary N) is 1. The number of anilines is 1. The molecule has 0 bridgehead atoms. The van der Waals surface area contributed by atoms with Gasteiger partial charge >= 0.3 is 0 Å². The SMILES string of the molecule is Cn1cnnc1CC1(Nc2ccccc2)COC1. The Morgan fingerprint density at radius 1 is 1.33 bits per heavy atom. The first-order chi connectivity index (χ1) is 8.77. The van der Waals surface area contributed by atoms with Gasteiger partial charge in [0.25, 0.3) is 0 Å². The van der Waals surface area contributed by atoms with Crippen LogP contribution in [0, 0.1) is 0 Å². The summed E-state index contributed by atoms with van der Waals surface area (Å²) in [7, 11) is 1.96. The molecule has 0 unspecified atom stereocenters. The maximum Gasteiger partial charge on any atom is 0.135 e. The summed E-state index contributed by atoms with van der Waals surface area (Å²) in [5.41, 5.74) is 1.06. The van der Waals surface area contributed by atoms with Gasteiger partial charge in [0.1, 0.15) is 12.2 Å². The molecule has 0 aliphatic carbocycles. The van der Waals surface area contributed by atoms with Crippen LogP contribution in [0.1, 0.15) is 5.82 Å². The number of nitrogens with zero attached hydrogens (tertiary/aromatic N) is 3. The fourth-order valence-corrected chi connectivity index (χ4v) is 2.16. The maximum absolute atomic E-state index is 5.38. The van der Waals surface area contributed by atoms with E-state index < -0.39 is 0 Å². The topological polar surface area (TPSA) is 52.0 Å². The Morgan fingerprint density at radius 2 is 2.11 bits per heavy atom. The lowest BCUT2D eigenvalue weighted by Gasteiger charge is -2.42. The lowest BCUT2D eigenvalue weighted by molar-refractivity contribution is -0.0422. The van der Waals surface area contributed by atoms with Gasteiger partial charge in [-0.1, -0.05) is 18.2 Å².